The highest BCUT2D eigenvalue weighted by Gasteiger charge is 2.39. The van der Waals surface area contributed by atoms with Crippen LogP contribution < -0.4 is 109 Å². The van der Waals surface area contributed by atoms with Gasteiger partial charge in [-0.3, -0.25) is 135 Å². The predicted molar refractivity (Wildman–Crippen MR) is 509 cm³/mol. The van der Waals surface area contributed by atoms with Crippen molar-refractivity contribution in [3.63, 3.8) is 0 Å². The van der Waals surface area contributed by atoms with E-state index in [9.17, 15) is 141 Å². The number of nitrogens with one attached hydrogen (secondary N) is 14. The molecule has 0 unspecified atom stereocenters. The number of hydrogen-bond donors (Lipinski definition) is 26. The molecule has 3 aromatic carbocycles. The van der Waals surface area contributed by atoms with Crippen LogP contribution in [0.4, 0.5) is 0 Å². The van der Waals surface area contributed by atoms with Crippen molar-refractivity contribution in [3.05, 3.63) is 102 Å². The summed E-state index contributed by atoms with van der Waals surface area (Å²) in [6, 6.07) is -0.783. The van der Waals surface area contributed by atoms with Gasteiger partial charge in [0.05, 0.1) is 39.1 Å². The van der Waals surface area contributed by atoms with E-state index in [4.69, 9.17) is 40.1 Å². The Kier molecular flexibility index (Phi) is 50.6. The zero-order chi connectivity index (χ0) is 107. The number of thioether (sulfide) groups is 1. The number of nitrogens with zero attached hydrogens (tertiary/aromatic N) is 4. The fourth-order valence-electron chi connectivity index (χ4n) is 14.7. The topological polar surface area (TPSA) is 878 Å². The normalized spacial score (nSPS) is 15.2. The summed E-state index contributed by atoms with van der Waals surface area (Å²) in [4.78, 5) is 330. The van der Waals surface area contributed by atoms with E-state index >= 15 is 0 Å². The Bertz CT molecular complexity index is 5180. The fourth-order valence-corrected chi connectivity index (χ4v) is 15.2. The monoisotopic (exact) mass is 2040 g/mol. The molecule has 5 rings (SSSR count). The van der Waals surface area contributed by atoms with E-state index in [0.29, 0.717) is 22.0 Å². The van der Waals surface area contributed by atoms with Crippen molar-refractivity contribution in [2.75, 3.05) is 97.1 Å². The largest absolute Gasteiger partial charge is 0.508 e. The second-order valence-electron chi connectivity index (χ2n) is 34.0. The lowest BCUT2D eigenvalue weighted by Crippen LogP contribution is -2.60. The molecular weight excluding hydrogens is 1920 g/mol. The molecule has 788 valence electrons. The molecule has 0 bridgehead atoms. The molecule has 0 saturated carbocycles. The molecule has 4 aromatic rings. The number of para-hydroxylation sites is 1. The number of benzene rings is 3. The molecule has 0 aliphatic carbocycles. The summed E-state index contributed by atoms with van der Waals surface area (Å²) < 4.78 is 0. The van der Waals surface area contributed by atoms with Crippen LogP contribution in [0.2, 0.25) is 0 Å². The number of aromatic amines is 1. The van der Waals surface area contributed by atoms with Crippen LogP contribution in [0, 0.1) is 0 Å². The Morgan fingerprint density at radius 1 is 0.333 bits per heavy atom. The van der Waals surface area contributed by atoms with Gasteiger partial charge in [-0.15, -0.1) is 0 Å². The summed E-state index contributed by atoms with van der Waals surface area (Å²) >= 11 is 1.25. The highest BCUT2D eigenvalue weighted by atomic mass is 32.2. The number of aromatic hydroxyl groups is 1. The Morgan fingerprint density at radius 3 is 1.03 bits per heavy atom. The van der Waals surface area contributed by atoms with Gasteiger partial charge < -0.3 is 140 Å². The fraction of sp³-hybridized carbons (Fsp3) is 0.506. The van der Waals surface area contributed by atoms with Crippen molar-refractivity contribution in [1.29, 1.82) is 0 Å². The number of aromatic nitrogens is 1. The minimum Gasteiger partial charge on any atom is -0.508 e. The SMILES string of the molecule is CSCC[C@H](NC(=O)[C@H](Cc1c[nH]c2ccccc12)NC(=O)CNC(=O)[C@H](Cc1ccc(O)cc1)NC(=O)[C@H](C)NC(=O)[C@@H](CCC(N)=O)NC(=O)[C@@H](CCC(N)=O)NC(=O)[C@@H](CCC(N)=O)NC(=O)[C@@H](CCC(N)=O)NC(=O)[C@@H](CCC(N)=O)NC(=O)[C@@H](CCC(N)=O)NC(=O)CN1CCN(CC(=O)O)CCN(CC(=O)O)CCN(CC(=O)O)CC1)C(=O)N[C@@H](CC(=O)O)C(=O)N[C@@H](Cc1ccccc1)C(N)=O. The highest BCUT2D eigenvalue weighted by molar-refractivity contribution is 7.98. The molecule has 12 atom stereocenters. The van der Waals surface area contributed by atoms with Gasteiger partial charge in [0.2, 0.25) is 118 Å². The average Bonchev–Trinajstić information content (AvgIpc) is 1.66. The predicted octanol–water partition coefficient (Wildman–Crippen LogP) is -10.4. The maximum atomic E-state index is 14.7. The number of fused-ring (bicyclic) bond motifs is 1. The van der Waals surface area contributed by atoms with E-state index in [1.165, 1.54) is 55.6 Å². The number of H-pyrrole nitrogens is 1. The number of nitrogens with two attached hydrogens (primary N) is 7. The molecule has 1 saturated heterocycles. The van der Waals surface area contributed by atoms with E-state index in [0.717, 1.165) is 6.92 Å². The first-order chi connectivity index (χ1) is 68.0. The lowest BCUT2D eigenvalue weighted by Gasteiger charge is -2.33. The average molecular weight is 2040 g/mol. The second-order valence-corrected chi connectivity index (χ2v) is 34.9. The summed E-state index contributed by atoms with van der Waals surface area (Å²) in [6.45, 7) is -1.97. The van der Waals surface area contributed by atoms with Crippen LogP contribution in [0.25, 0.3) is 10.9 Å². The quantitative estimate of drug-likeness (QED) is 0.0195. The van der Waals surface area contributed by atoms with Gasteiger partial charge in [0, 0.05) is 127 Å². The number of hydrogen-bond acceptors (Lipinski definition) is 30. The van der Waals surface area contributed by atoms with Crippen LogP contribution in [0.5, 0.6) is 5.75 Å². The van der Waals surface area contributed by atoms with Crippen LogP contribution in [-0.4, -0.2) is 362 Å². The third-order valence-electron chi connectivity index (χ3n) is 22.4. The Hall–Kier alpha value is -15.5. The molecule has 33 N–H and O–H groups in total. The number of carbonyl (C=O) groups excluding carboxylic acids is 20. The zero-order valence-electron chi connectivity index (χ0n) is 79.2. The molecule has 1 aliphatic rings. The third kappa shape index (κ3) is 45.4. The van der Waals surface area contributed by atoms with Gasteiger partial charge in [-0.2, -0.15) is 11.8 Å². The zero-order valence-corrected chi connectivity index (χ0v) is 80.0. The van der Waals surface area contributed by atoms with Crippen LogP contribution >= 0.6 is 11.8 Å². The number of primary amides is 7. The van der Waals surface area contributed by atoms with Gasteiger partial charge >= 0.3 is 23.9 Å². The summed E-state index contributed by atoms with van der Waals surface area (Å²) in [5.74, 6) is -27.7. The van der Waals surface area contributed by atoms with Gasteiger partial charge in [0.25, 0.3) is 0 Å². The van der Waals surface area contributed by atoms with Crippen molar-refractivity contribution < 1.29 is 141 Å². The second kappa shape index (κ2) is 61.2. The van der Waals surface area contributed by atoms with Gasteiger partial charge in [-0.1, -0.05) is 60.7 Å². The van der Waals surface area contributed by atoms with Gasteiger partial charge in [0.15, 0.2) is 0 Å². The molecule has 1 aromatic heterocycles. The number of phenols is 1. The van der Waals surface area contributed by atoms with Crippen molar-refractivity contribution in [2.24, 2.45) is 40.1 Å². The Labute approximate surface area is 828 Å². The van der Waals surface area contributed by atoms with E-state index in [2.05, 4.69) is 74.1 Å². The van der Waals surface area contributed by atoms with Gasteiger partial charge in [-0.25, -0.2) is 0 Å². The smallest absolute Gasteiger partial charge is 0.317 e. The third-order valence-corrected chi connectivity index (χ3v) is 23.0. The standard InChI is InChI=1S/C89H127N25O29S/c1-48(79(133)109-63(39-50-12-14-52(115)15-13-50)80(134)98-43-72(122)101-64(40-51-42-97-54-11-7-6-10-53(51)54)88(142)107-61(28-37-144-2)87(141)110-65(41-74(124)125)89(143)108-62(78(96)132)38-49-8-4-3-5-9-49)99-81(135)56(17-23-67(91)117)102-83(137)58(19-25-69(93)119)104-85(139)60(21-27-71(95)121)106-86(140)59(20-26-70(94)120)105-84(138)57(18-24-68(92)118)103-82(136)55(16-22-66(90)116)100-73(123)44-111-29-31-112(45-75(126)127)33-35-114(47-77(130)131)36-34-113(32-30-111)46-76(128)129/h3-15,42,48,55-65,97,115H,16-41,43-47H2,1-2H3,(H2,90,116)(H2,91,117)(H2,92,118)(H2,93,119)(H2,94,120)(H2,95,121)(H2,96,132)(H,98,134)(H,99,135)(H,100,123)(H,101,122)(H,102,137)(H,103,136)(H,104,139)(H,105,138)(H,106,140)(H,107,142)(H,108,143)(H,109,133)(H,110,141)(H,124,125)(H,126,127)(H,128,129)(H,130,131)/t48-,55+,56+,57+,58+,59+,60+,61-,62-,63-,64-,65-/m0/s1. The number of amides is 20. The lowest BCUT2D eigenvalue weighted by molar-refractivity contribution is -0.141. The molecule has 1 aliphatic heterocycles. The van der Waals surface area contributed by atoms with E-state index in [1.807, 2.05) is 0 Å². The Morgan fingerprint density at radius 2 is 0.646 bits per heavy atom. The molecule has 1 fully saturated rings. The Balaban J connectivity index is 1.36. The van der Waals surface area contributed by atoms with Crippen LogP contribution in [-0.2, 0) is 134 Å². The van der Waals surface area contributed by atoms with E-state index < -0.39 is 337 Å². The molecule has 144 heavy (non-hydrogen) atoms. The van der Waals surface area contributed by atoms with Crippen molar-refractivity contribution in [3.8, 4) is 5.75 Å². The number of carboxylic acid groups (broad SMARTS) is 4. The van der Waals surface area contributed by atoms with Crippen LogP contribution in [0.1, 0.15) is 114 Å². The molecule has 0 radical (unpaired) electrons. The van der Waals surface area contributed by atoms with Gasteiger partial charge in [0.1, 0.15) is 78.3 Å². The highest BCUT2D eigenvalue weighted by Crippen LogP contribution is 2.21. The summed E-state index contributed by atoms with van der Waals surface area (Å²) in [6.07, 6.45) is -6.83. The number of aliphatic carboxylic acids is 4. The van der Waals surface area contributed by atoms with Crippen LogP contribution in [0.3, 0.4) is 0 Å². The molecule has 20 amide bonds. The first-order valence-electron chi connectivity index (χ1n) is 45.6. The minimum absolute atomic E-state index is 0.0192. The maximum absolute atomic E-state index is 14.7. The maximum Gasteiger partial charge on any atom is 0.317 e. The minimum atomic E-state index is -2.00. The van der Waals surface area contributed by atoms with Crippen molar-refractivity contribution in [1.82, 2.24) is 93.7 Å². The van der Waals surface area contributed by atoms with E-state index in [-0.39, 0.29) is 88.7 Å². The lowest BCUT2D eigenvalue weighted by atomic mass is 10.0. The number of rotatable bonds is 63. The number of carbonyl (C=O) groups is 24. The van der Waals surface area contributed by atoms with Crippen molar-refractivity contribution >= 4 is 165 Å². The number of phenolic OH excluding ortho intramolecular Hbond substituents is 1. The first-order valence-corrected chi connectivity index (χ1v) is 47.0. The molecule has 2 heterocycles. The molecular formula is C89H127N25O29S. The molecule has 0 spiro atoms. The van der Waals surface area contributed by atoms with Crippen molar-refractivity contribution in [2.45, 2.75) is 189 Å². The summed E-state index contributed by atoms with van der Waals surface area (Å²) in [5, 5.41) is 80.7. The first kappa shape index (κ1) is 119. The molecule has 54 nitrogen and oxygen atoms in total. The summed E-state index contributed by atoms with van der Waals surface area (Å²) in [7, 11) is 0. The number of carboxylic acids is 4. The molecule has 55 heteroatoms. The summed E-state index contributed by atoms with van der Waals surface area (Å²) in [5.41, 5.74) is 40.4. The van der Waals surface area contributed by atoms with Gasteiger partial charge in [-0.05, 0) is 98.8 Å². The van der Waals surface area contributed by atoms with Crippen LogP contribution in [0.15, 0.2) is 85.1 Å². The van der Waals surface area contributed by atoms with E-state index in [1.54, 1.807) is 67.0 Å².